The number of nitrogens with zero attached hydrogens (tertiary/aromatic N) is 1. The lowest BCUT2D eigenvalue weighted by Gasteiger charge is -2.32. The molecule has 32 heavy (non-hydrogen) atoms. The van der Waals surface area contributed by atoms with E-state index in [0.29, 0.717) is 6.42 Å². The Morgan fingerprint density at radius 2 is 1.69 bits per heavy atom. The lowest BCUT2D eigenvalue weighted by atomic mass is 9.98. The molecule has 1 fully saturated rings. The van der Waals surface area contributed by atoms with Gasteiger partial charge >= 0.3 is 5.91 Å². The van der Waals surface area contributed by atoms with Crippen molar-refractivity contribution in [1.29, 1.82) is 0 Å². The second-order valence-electron chi connectivity index (χ2n) is 7.54. The van der Waals surface area contributed by atoms with Crippen molar-refractivity contribution in [1.82, 2.24) is 15.7 Å². The van der Waals surface area contributed by atoms with E-state index in [1.54, 1.807) is 6.92 Å². The van der Waals surface area contributed by atoms with E-state index in [1.807, 2.05) is 60.7 Å². The number of rotatable bonds is 10. The van der Waals surface area contributed by atoms with E-state index in [-0.39, 0.29) is 31.9 Å². The zero-order valence-corrected chi connectivity index (χ0v) is 18.0. The second kappa shape index (κ2) is 11.2. The lowest BCUT2D eigenvalue weighted by molar-refractivity contribution is -0.151. The molecule has 1 heterocycles. The van der Waals surface area contributed by atoms with E-state index < -0.39 is 29.7 Å². The van der Waals surface area contributed by atoms with E-state index in [0.717, 1.165) is 11.1 Å². The summed E-state index contributed by atoms with van der Waals surface area (Å²) >= 11 is 0. The van der Waals surface area contributed by atoms with Crippen molar-refractivity contribution in [2.75, 3.05) is 6.61 Å². The Kier molecular flexibility index (Phi) is 8.10. The molecule has 2 aromatic carbocycles. The summed E-state index contributed by atoms with van der Waals surface area (Å²) < 4.78 is 0. The molecule has 1 aliphatic rings. The molecule has 0 aliphatic carbocycles. The molecule has 2 N–H and O–H groups in total. The van der Waals surface area contributed by atoms with E-state index in [4.69, 9.17) is 4.84 Å². The van der Waals surface area contributed by atoms with Gasteiger partial charge in [0, 0.05) is 19.4 Å². The maximum absolute atomic E-state index is 13.5. The van der Waals surface area contributed by atoms with Crippen molar-refractivity contribution >= 4 is 23.5 Å². The van der Waals surface area contributed by atoms with Gasteiger partial charge in [0.1, 0.15) is 12.1 Å². The number of carbonyl (C=O) groups excluding carboxylic acids is 4. The fourth-order valence-electron chi connectivity index (χ4n) is 3.64. The highest BCUT2D eigenvalue weighted by Crippen LogP contribution is 2.19. The monoisotopic (exact) mass is 437 g/mol. The number of nitrogens with one attached hydrogen (secondary N) is 2. The first-order valence-corrected chi connectivity index (χ1v) is 10.6. The number of hydrogen-bond acceptors (Lipinski definition) is 5. The molecule has 8 heteroatoms. The normalized spacial score (nSPS) is 16.2. The van der Waals surface area contributed by atoms with Crippen molar-refractivity contribution in [2.24, 2.45) is 0 Å². The van der Waals surface area contributed by atoms with Gasteiger partial charge in [-0.1, -0.05) is 60.7 Å². The third-order valence-corrected chi connectivity index (χ3v) is 5.26. The van der Waals surface area contributed by atoms with Crippen LogP contribution in [0, 0.1) is 0 Å². The van der Waals surface area contributed by atoms with Crippen LogP contribution in [-0.4, -0.2) is 47.1 Å². The van der Waals surface area contributed by atoms with Crippen LogP contribution in [-0.2, 0) is 37.0 Å². The third-order valence-electron chi connectivity index (χ3n) is 5.26. The number of hydroxylamine groups is 1. The van der Waals surface area contributed by atoms with Gasteiger partial charge in [0.25, 0.3) is 0 Å². The molecule has 2 unspecified atom stereocenters. The Labute approximate surface area is 186 Å². The molecule has 0 radical (unpaired) electrons. The fraction of sp³-hybridized carbons (Fsp3) is 0.333. The summed E-state index contributed by atoms with van der Waals surface area (Å²) in [5, 5.41) is 2.67. The third kappa shape index (κ3) is 6.01. The van der Waals surface area contributed by atoms with Crippen LogP contribution in [0.4, 0.5) is 0 Å². The predicted molar refractivity (Wildman–Crippen MR) is 117 cm³/mol. The minimum atomic E-state index is -1.07. The van der Waals surface area contributed by atoms with E-state index >= 15 is 0 Å². The SMILES string of the molecule is CCONC(=O)C(=O)C(Cc1ccccc1)N(Cc1ccccc1)C(=O)C1CCC(=O)N1. The van der Waals surface area contributed by atoms with E-state index in [2.05, 4.69) is 10.8 Å². The van der Waals surface area contributed by atoms with Gasteiger partial charge < -0.3 is 10.2 Å². The van der Waals surface area contributed by atoms with Crippen molar-refractivity contribution in [2.45, 2.75) is 44.8 Å². The van der Waals surface area contributed by atoms with Gasteiger partial charge in [-0.15, -0.1) is 0 Å². The Morgan fingerprint density at radius 1 is 1.06 bits per heavy atom. The van der Waals surface area contributed by atoms with Crippen LogP contribution in [0.5, 0.6) is 0 Å². The van der Waals surface area contributed by atoms with Crippen molar-refractivity contribution in [3.05, 3.63) is 71.8 Å². The van der Waals surface area contributed by atoms with Crippen LogP contribution < -0.4 is 10.8 Å². The van der Waals surface area contributed by atoms with Gasteiger partial charge in [-0.2, -0.15) is 0 Å². The van der Waals surface area contributed by atoms with Gasteiger partial charge in [-0.25, -0.2) is 5.48 Å². The molecule has 1 aliphatic heterocycles. The fourth-order valence-corrected chi connectivity index (χ4v) is 3.64. The van der Waals surface area contributed by atoms with Crippen LogP contribution in [0.3, 0.4) is 0 Å². The molecule has 0 saturated carbocycles. The summed E-state index contributed by atoms with van der Waals surface area (Å²) in [6, 6.07) is 16.6. The number of benzene rings is 2. The Balaban J connectivity index is 1.95. The first-order valence-electron chi connectivity index (χ1n) is 10.6. The highest BCUT2D eigenvalue weighted by Gasteiger charge is 2.38. The first-order chi connectivity index (χ1) is 15.5. The topological polar surface area (TPSA) is 105 Å². The van der Waals surface area contributed by atoms with Crippen molar-refractivity contribution in [3.63, 3.8) is 0 Å². The minimum Gasteiger partial charge on any atom is -0.344 e. The smallest absolute Gasteiger partial charge is 0.313 e. The number of ketones is 1. The largest absolute Gasteiger partial charge is 0.344 e. The molecule has 1 saturated heterocycles. The molecule has 3 amide bonds. The quantitative estimate of drug-likeness (QED) is 0.433. The molecule has 0 spiro atoms. The zero-order chi connectivity index (χ0) is 22.9. The Morgan fingerprint density at radius 3 is 2.25 bits per heavy atom. The minimum absolute atomic E-state index is 0.122. The van der Waals surface area contributed by atoms with Crippen LogP contribution in [0.2, 0.25) is 0 Å². The maximum atomic E-state index is 13.5. The molecule has 3 rings (SSSR count). The molecule has 2 atom stereocenters. The maximum Gasteiger partial charge on any atom is 0.313 e. The summed E-state index contributed by atoms with van der Waals surface area (Å²) in [5.74, 6) is -2.30. The van der Waals surface area contributed by atoms with Gasteiger partial charge in [0.15, 0.2) is 0 Å². The van der Waals surface area contributed by atoms with Gasteiger partial charge in [0.2, 0.25) is 17.6 Å². The summed E-state index contributed by atoms with van der Waals surface area (Å²) in [5.41, 5.74) is 3.75. The number of hydrogen-bond donors (Lipinski definition) is 2. The molecule has 168 valence electrons. The molecular weight excluding hydrogens is 410 g/mol. The number of Topliss-reactive ketones (excluding diaryl/α,β-unsaturated/α-hetero) is 1. The van der Waals surface area contributed by atoms with Crippen molar-refractivity contribution in [3.8, 4) is 0 Å². The Bertz CT molecular complexity index is 949. The summed E-state index contributed by atoms with van der Waals surface area (Å²) in [7, 11) is 0. The molecule has 0 bridgehead atoms. The highest BCUT2D eigenvalue weighted by molar-refractivity contribution is 6.38. The Hall–Kier alpha value is -3.52. The highest BCUT2D eigenvalue weighted by atomic mass is 16.6. The summed E-state index contributed by atoms with van der Waals surface area (Å²) in [4.78, 5) is 57.2. The molecule has 2 aromatic rings. The van der Waals surface area contributed by atoms with Crippen LogP contribution >= 0.6 is 0 Å². The average Bonchev–Trinajstić information content (AvgIpc) is 3.26. The van der Waals surface area contributed by atoms with Gasteiger partial charge in [-0.3, -0.25) is 24.0 Å². The molecule has 0 aromatic heterocycles. The lowest BCUT2D eigenvalue weighted by Crippen LogP contribution is -2.54. The molecular formula is C24H27N3O5. The predicted octanol–water partition coefficient (Wildman–Crippen LogP) is 1.54. The molecule has 8 nitrogen and oxygen atoms in total. The van der Waals surface area contributed by atoms with Gasteiger partial charge in [0.05, 0.1) is 6.61 Å². The second-order valence-corrected chi connectivity index (χ2v) is 7.54. The van der Waals surface area contributed by atoms with Crippen LogP contribution in [0.25, 0.3) is 0 Å². The zero-order valence-electron chi connectivity index (χ0n) is 18.0. The number of carbonyl (C=O) groups is 4. The number of amides is 3. The summed E-state index contributed by atoms with van der Waals surface area (Å²) in [6.07, 6.45) is 0.747. The standard InChI is InChI=1S/C24H27N3O5/c1-2-32-26-23(30)22(29)20(15-17-9-5-3-6-10-17)27(16-18-11-7-4-8-12-18)24(31)19-13-14-21(28)25-19/h3-12,19-20H,2,13-16H2,1H3,(H,25,28)(H,26,30). The van der Waals surface area contributed by atoms with Crippen LogP contribution in [0.1, 0.15) is 30.9 Å². The first kappa shape index (κ1) is 23.1. The van der Waals surface area contributed by atoms with Gasteiger partial charge in [-0.05, 0) is 24.5 Å². The average molecular weight is 437 g/mol. The van der Waals surface area contributed by atoms with Crippen LogP contribution in [0.15, 0.2) is 60.7 Å². The van der Waals surface area contributed by atoms with Crippen molar-refractivity contribution < 1.29 is 24.0 Å². The summed E-state index contributed by atoms with van der Waals surface area (Å²) in [6.45, 7) is 2.00. The van der Waals surface area contributed by atoms with E-state index in [1.165, 1.54) is 4.90 Å². The van der Waals surface area contributed by atoms with E-state index in [9.17, 15) is 19.2 Å².